The molecule has 1 aliphatic rings. The predicted molar refractivity (Wildman–Crippen MR) is 160 cm³/mol. The van der Waals surface area contributed by atoms with E-state index in [0.29, 0.717) is 29.9 Å². The SMILES string of the molecule is O=C(NC(CO)CO)[C@]1(CCS(=O)(=O)c2ccccc2)N=C(c2ccc(OCCCO)cc2)O[C@@H]1c1ccc(Br)cc1. The van der Waals surface area contributed by atoms with Crippen molar-refractivity contribution in [2.24, 2.45) is 4.99 Å². The monoisotopic (exact) mass is 660 g/mol. The van der Waals surface area contributed by atoms with E-state index in [2.05, 4.69) is 21.2 Å². The van der Waals surface area contributed by atoms with Gasteiger partial charge in [0.15, 0.2) is 21.5 Å². The van der Waals surface area contributed by atoms with E-state index in [9.17, 15) is 23.4 Å². The summed E-state index contributed by atoms with van der Waals surface area (Å²) in [7, 11) is -3.82. The lowest BCUT2D eigenvalue weighted by atomic mass is 9.85. The molecule has 12 heteroatoms. The molecule has 3 aromatic rings. The number of carbonyl (C=O) groups is 1. The van der Waals surface area contributed by atoms with Crippen LogP contribution in [0.3, 0.4) is 0 Å². The van der Waals surface area contributed by atoms with Crippen LogP contribution in [0.2, 0.25) is 0 Å². The highest BCUT2D eigenvalue weighted by Crippen LogP contribution is 2.43. The normalized spacial score (nSPS) is 18.4. The third-order valence-corrected chi connectivity index (χ3v) is 9.09. The Morgan fingerprint density at radius 3 is 2.29 bits per heavy atom. The van der Waals surface area contributed by atoms with Gasteiger partial charge in [-0.1, -0.05) is 46.3 Å². The summed E-state index contributed by atoms with van der Waals surface area (Å²) in [5, 5.41) is 31.0. The van der Waals surface area contributed by atoms with E-state index in [1.807, 2.05) is 0 Å². The molecule has 4 N–H and O–H groups in total. The molecule has 0 aliphatic carbocycles. The Labute approximate surface area is 253 Å². The lowest BCUT2D eigenvalue weighted by molar-refractivity contribution is -0.130. The summed E-state index contributed by atoms with van der Waals surface area (Å²) in [5.41, 5.74) is -0.644. The summed E-state index contributed by atoms with van der Waals surface area (Å²) in [6, 6.07) is 20.9. The standard InChI is InChI=1S/C30H33BrN2O8S/c31-23-11-7-21(8-12-23)27-30(29(37)32-24(19-35)20-36,15-18-42(38,39)26-5-2-1-3-6-26)33-28(41-27)22-9-13-25(14-10-22)40-17-4-16-34/h1-3,5-14,24,27,34-36H,4,15-20H2,(H,32,37)/t27-,30-/m1/s1. The van der Waals surface area contributed by atoms with E-state index in [-0.39, 0.29) is 23.8 Å². The Kier molecular flexibility index (Phi) is 10.7. The molecule has 0 aromatic heterocycles. The molecule has 0 fully saturated rings. The van der Waals surface area contributed by atoms with Gasteiger partial charge in [-0.05, 0) is 54.1 Å². The Morgan fingerprint density at radius 2 is 1.67 bits per heavy atom. The lowest BCUT2D eigenvalue weighted by Crippen LogP contribution is -2.53. The predicted octanol–water partition coefficient (Wildman–Crippen LogP) is 2.80. The fraction of sp³-hybridized carbons (Fsp3) is 0.333. The van der Waals surface area contributed by atoms with Crippen LogP contribution < -0.4 is 10.1 Å². The van der Waals surface area contributed by atoms with Gasteiger partial charge in [0.2, 0.25) is 5.90 Å². The number of halogens is 1. The van der Waals surface area contributed by atoms with Gasteiger partial charge in [-0.15, -0.1) is 0 Å². The van der Waals surface area contributed by atoms with Gasteiger partial charge in [-0.3, -0.25) is 4.79 Å². The minimum Gasteiger partial charge on any atom is -0.494 e. The molecule has 10 nitrogen and oxygen atoms in total. The van der Waals surface area contributed by atoms with Crippen LogP contribution in [0.4, 0.5) is 0 Å². The zero-order chi connectivity index (χ0) is 30.2. The quantitative estimate of drug-likeness (QED) is 0.193. The van der Waals surface area contributed by atoms with Crippen molar-refractivity contribution < 1.29 is 38.0 Å². The van der Waals surface area contributed by atoms with Gasteiger partial charge in [-0.25, -0.2) is 13.4 Å². The molecular weight excluding hydrogens is 628 g/mol. The maximum absolute atomic E-state index is 14.0. The number of hydrogen-bond acceptors (Lipinski definition) is 9. The van der Waals surface area contributed by atoms with Gasteiger partial charge in [0, 0.05) is 29.5 Å². The third-order valence-electron chi connectivity index (χ3n) is 6.83. The molecule has 0 bridgehead atoms. The minimum atomic E-state index is -3.82. The number of hydrogen-bond donors (Lipinski definition) is 4. The van der Waals surface area contributed by atoms with Crippen molar-refractivity contribution in [1.29, 1.82) is 0 Å². The van der Waals surface area contributed by atoms with Crippen molar-refractivity contribution in [1.82, 2.24) is 5.32 Å². The largest absolute Gasteiger partial charge is 0.494 e. The van der Waals surface area contributed by atoms with Crippen LogP contribution in [0.25, 0.3) is 0 Å². The number of amides is 1. The topological polar surface area (TPSA) is 155 Å². The Bertz CT molecular complexity index is 1460. The zero-order valence-electron chi connectivity index (χ0n) is 22.7. The van der Waals surface area contributed by atoms with E-state index >= 15 is 0 Å². The molecule has 1 aliphatic heterocycles. The fourth-order valence-corrected chi connectivity index (χ4v) is 6.15. The van der Waals surface area contributed by atoms with Crippen molar-refractivity contribution in [2.45, 2.75) is 35.4 Å². The summed E-state index contributed by atoms with van der Waals surface area (Å²) in [6.45, 7) is -0.704. The second-order valence-corrected chi connectivity index (χ2v) is 12.8. The molecule has 2 atom stereocenters. The van der Waals surface area contributed by atoms with Gasteiger partial charge in [0.25, 0.3) is 5.91 Å². The van der Waals surface area contributed by atoms with Crippen molar-refractivity contribution >= 4 is 37.6 Å². The number of nitrogens with one attached hydrogen (secondary N) is 1. The van der Waals surface area contributed by atoms with Gasteiger partial charge in [-0.2, -0.15) is 0 Å². The number of aliphatic hydroxyl groups is 3. The molecule has 42 heavy (non-hydrogen) atoms. The van der Waals surface area contributed by atoms with E-state index in [0.717, 1.165) is 4.47 Å². The van der Waals surface area contributed by atoms with Crippen molar-refractivity contribution in [3.8, 4) is 5.75 Å². The number of sulfone groups is 1. The minimum absolute atomic E-state index is 0.0116. The number of ether oxygens (including phenoxy) is 2. The number of aliphatic hydroxyl groups excluding tert-OH is 3. The van der Waals surface area contributed by atoms with E-state index in [1.165, 1.54) is 12.1 Å². The average Bonchev–Trinajstić information content (AvgIpc) is 3.41. The first-order chi connectivity index (χ1) is 20.2. The van der Waals surface area contributed by atoms with E-state index < -0.39 is 52.4 Å². The number of carbonyl (C=O) groups excluding carboxylic acids is 1. The third kappa shape index (κ3) is 7.37. The number of benzene rings is 3. The number of nitrogens with zero attached hydrogens (tertiary/aromatic N) is 1. The second kappa shape index (κ2) is 14.3. The van der Waals surface area contributed by atoms with Crippen LogP contribution in [0, 0.1) is 0 Å². The summed E-state index contributed by atoms with van der Waals surface area (Å²) in [4.78, 5) is 18.9. The van der Waals surface area contributed by atoms with Crippen LogP contribution in [-0.2, 0) is 19.4 Å². The van der Waals surface area contributed by atoms with Gasteiger partial charge in [0.1, 0.15) is 5.75 Å². The lowest BCUT2D eigenvalue weighted by Gasteiger charge is -2.32. The Morgan fingerprint density at radius 1 is 1.00 bits per heavy atom. The number of aliphatic imine (C=N–C) groups is 1. The van der Waals surface area contributed by atoms with Gasteiger partial charge < -0.3 is 30.1 Å². The first-order valence-electron chi connectivity index (χ1n) is 13.4. The summed E-state index contributed by atoms with van der Waals surface area (Å²) in [6.07, 6.45) is -0.782. The molecule has 0 spiro atoms. The van der Waals surface area contributed by atoms with Crippen LogP contribution in [-0.4, -0.2) is 79.3 Å². The van der Waals surface area contributed by atoms with Crippen molar-refractivity contribution in [3.05, 3.63) is 94.5 Å². The maximum atomic E-state index is 14.0. The maximum Gasteiger partial charge on any atom is 0.252 e. The van der Waals surface area contributed by atoms with Crippen LogP contribution in [0.1, 0.15) is 30.1 Å². The summed E-state index contributed by atoms with van der Waals surface area (Å²) < 4.78 is 39.4. The number of rotatable bonds is 14. The van der Waals surface area contributed by atoms with Gasteiger partial charge in [0.05, 0.1) is 36.5 Å². The highest BCUT2D eigenvalue weighted by Gasteiger charge is 2.54. The highest BCUT2D eigenvalue weighted by molar-refractivity contribution is 9.10. The second-order valence-electron chi connectivity index (χ2n) is 9.76. The molecule has 0 unspecified atom stereocenters. The zero-order valence-corrected chi connectivity index (χ0v) is 25.1. The fourth-order valence-electron chi connectivity index (χ4n) is 4.50. The van der Waals surface area contributed by atoms with Crippen LogP contribution in [0.5, 0.6) is 5.75 Å². The first-order valence-corrected chi connectivity index (χ1v) is 15.8. The van der Waals surface area contributed by atoms with E-state index in [1.54, 1.807) is 66.7 Å². The van der Waals surface area contributed by atoms with E-state index in [4.69, 9.17) is 19.6 Å². The van der Waals surface area contributed by atoms with Gasteiger partial charge >= 0.3 is 0 Å². The summed E-state index contributed by atoms with van der Waals surface area (Å²) in [5.74, 6) is -0.410. The molecule has 4 rings (SSSR count). The molecule has 224 valence electrons. The summed E-state index contributed by atoms with van der Waals surface area (Å²) >= 11 is 3.41. The molecule has 1 amide bonds. The molecule has 3 aromatic carbocycles. The van der Waals surface area contributed by atoms with Crippen molar-refractivity contribution in [2.75, 3.05) is 32.2 Å². The molecular formula is C30H33BrN2O8S. The molecule has 1 heterocycles. The van der Waals surface area contributed by atoms with Crippen LogP contribution in [0.15, 0.2) is 93.2 Å². The highest BCUT2D eigenvalue weighted by atomic mass is 79.9. The molecule has 0 saturated carbocycles. The smallest absolute Gasteiger partial charge is 0.252 e. The molecule has 0 radical (unpaired) electrons. The molecule has 0 saturated heterocycles. The average molecular weight is 662 g/mol. The Hall–Kier alpha value is -3.29. The van der Waals surface area contributed by atoms with Crippen molar-refractivity contribution in [3.63, 3.8) is 0 Å². The first kappa shape index (κ1) is 31.6. The van der Waals surface area contributed by atoms with Crippen LogP contribution >= 0.6 is 15.9 Å². The Balaban J connectivity index is 1.77.